The van der Waals surface area contributed by atoms with E-state index in [1.807, 2.05) is 0 Å². The van der Waals surface area contributed by atoms with Crippen molar-refractivity contribution in [3.63, 3.8) is 0 Å². The van der Waals surface area contributed by atoms with Gasteiger partial charge in [-0.15, -0.1) is 0 Å². The summed E-state index contributed by atoms with van der Waals surface area (Å²) in [6.45, 7) is 12.5. The highest BCUT2D eigenvalue weighted by Gasteiger charge is 2.45. The lowest BCUT2D eigenvalue weighted by Crippen LogP contribution is -2.31. The minimum atomic E-state index is 0.567. The van der Waals surface area contributed by atoms with Gasteiger partial charge in [0.25, 0.3) is 0 Å². The van der Waals surface area contributed by atoms with E-state index in [2.05, 4.69) is 38.3 Å². The molecule has 0 aliphatic heterocycles. The minimum absolute atomic E-state index is 0.567. The third-order valence-corrected chi connectivity index (χ3v) is 2.97. The summed E-state index contributed by atoms with van der Waals surface area (Å²) in [6, 6.07) is 0.775. The molecule has 13 heavy (non-hydrogen) atoms. The van der Waals surface area contributed by atoms with Crippen molar-refractivity contribution < 1.29 is 0 Å². The van der Waals surface area contributed by atoms with Crippen molar-refractivity contribution in [1.29, 1.82) is 0 Å². The second kappa shape index (κ2) is 4.43. The molecule has 0 radical (unpaired) electrons. The Morgan fingerprint density at radius 1 is 1.38 bits per heavy atom. The number of nitrogens with one attached hydrogen (secondary N) is 2. The Labute approximate surface area is 82.5 Å². The van der Waals surface area contributed by atoms with Crippen molar-refractivity contribution in [3.8, 4) is 0 Å². The molecule has 2 heteroatoms. The molecular weight excluding hydrogens is 160 g/mol. The van der Waals surface area contributed by atoms with Crippen molar-refractivity contribution in [2.75, 3.05) is 19.6 Å². The van der Waals surface area contributed by atoms with Crippen LogP contribution in [0, 0.1) is 11.3 Å². The van der Waals surface area contributed by atoms with Crippen LogP contribution in [0.5, 0.6) is 0 Å². The van der Waals surface area contributed by atoms with Crippen LogP contribution in [0.15, 0.2) is 0 Å². The topological polar surface area (TPSA) is 24.1 Å². The predicted molar refractivity (Wildman–Crippen MR) is 57.9 cm³/mol. The second-order valence-corrected chi connectivity index (χ2v) is 5.07. The van der Waals surface area contributed by atoms with E-state index in [-0.39, 0.29) is 0 Å². The fourth-order valence-electron chi connectivity index (χ4n) is 1.62. The predicted octanol–water partition coefficient (Wildman–Crippen LogP) is 1.62. The average Bonchev–Trinajstić information content (AvgIpc) is 2.67. The van der Waals surface area contributed by atoms with Crippen LogP contribution in [0.4, 0.5) is 0 Å². The van der Waals surface area contributed by atoms with Gasteiger partial charge in [-0.05, 0) is 37.4 Å². The summed E-state index contributed by atoms with van der Waals surface area (Å²) in [6.07, 6.45) is 1.35. The lowest BCUT2D eigenvalue weighted by atomic mass is 10.1. The standard InChI is InChI=1S/C11H24N2/c1-5-12-7-9(2)8-13-10-6-11(10,3)4/h9-10,12-13H,5-8H2,1-4H3. The first-order valence-corrected chi connectivity index (χ1v) is 5.50. The Morgan fingerprint density at radius 2 is 2.00 bits per heavy atom. The molecule has 0 aromatic carbocycles. The maximum atomic E-state index is 3.62. The van der Waals surface area contributed by atoms with Crippen LogP contribution in [-0.2, 0) is 0 Å². The van der Waals surface area contributed by atoms with Crippen molar-refractivity contribution in [3.05, 3.63) is 0 Å². The Hall–Kier alpha value is -0.0800. The smallest absolute Gasteiger partial charge is 0.0125 e. The van der Waals surface area contributed by atoms with Crippen LogP contribution < -0.4 is 10.6 Å². The molecule has 0 saturated heterocycles. The molecular formula is C11H24N2. The van der Waals surface area contributed by atoms with Crippen LogP contribution in [-0.4, -0.2) is 25.7 Å². The lowest BCUT2D eigenvalue weighted by molar-refractivity contribution is 0.452. The minimum Gasteiger partial charge on any atom is -0.317 e. The fourth-order valence-corrected chi connectivity index (χ4v) is 1.62. The summed E-state index contributed by atoms with van der Waals surface area (Å²) in [5.74, 6) is 0.747. The molecule has 1 aliphatic carbocycles. The van der Waals surface area contributed by atoms with Gasteiger partial charge in [0, 0.05) is 6.04 Å². The van der Waals surface area contributed by atoms with Crippen LogP contribution in [0.25, 0.3) is 0 Å². The molecule has 1 rings (SSSR count). The van der Waals surface area contributed by atoms with E-state index >= 15 is 0 Å². The second-order valence-electron chi connectivity index (χ2n) is 5.07. The van der Waals surface area contributed by atoms with E-state index in [1.54, 1.807) is 0 Å². The van der Waals surface area contributed by atoms with E-state index in [0.29, 0.717) is 5.41 Å². The molecule has 1 aliphatic rings. The van der Waals surface area contributed by atoms with Crippen molar-refractivity contribution in [2.45, 2.75) is 40.2 Å². The zero-order valence-electron chi connectivity index (χ0n) is 9.48. The number of hydrogen-bond donors (Lipinski definition) is 2. The van der Waals surface area contributed by atoms with Gasteiger partial charge in [-0.2, -0.15) is 0 Å². The van der Waals surface area contributed by atoms with Crippen molar-refractivity contribution in [1.82, 2.24) is 10.6 Å². The summed E-state index contributed by atoms with van der Waals surface area (Å²) in [5.41, 5.74) is 0.567. The van der Waals surface area contributed by atoms with Gasteiger partial charge in [-0.25, -0.2) is 0 Å². The van der Waals surface area contributed by atoms with E-state index in [0.717, 1.165) is 31.6 Å². The van der Waals surface area contributed by atoms with Crippen molar-refractivity contribution >= 4 is 0 Å². The Balaban J connectivity index is 2.00. The largest absolute Gasteiger partial charge is 0.317 e. The first kappa shape index (κ1) is 11.0. The summed E-state index contributed by atoms with van der Waals surface area (Å²) >= 11 is 0. The van der Waals surface area contributed by atoms with Crippen LogP contribution in [0.3, 0.4) is 0 Å². The van der Waals surface area contributed by atoms with E-state index in [1.165, 1.54) is 6.42 Å². The van der Waals surface area contributed by atoms with Crippen LogP contribution in [0.2, 0.25) is 0 Å². The Bertz CT molecular complexity index is 154. The van der Waals surface area contributed by atoms with E-state index < -0.39 is 0 Å². The molecule has 0 heterocycles. The molecule has 78 valence electrons. The Morgan fingerprint density at radius 3 is 2.46 bits per heavy atom. The third-order valence-electron chi connectivity index (χ3n) is 2.97. The third kappa shape index (κ3) is 3.65. The first-order chi connectivity index (χ1) is 6.06. The van der Waals surface area contributed by atoms with Gasteiger partial charge in [0.05, 0.1) is 0 Å². The van der Waals surface area contributed by atoms with Gasteiger partial charge in [0.2, 0.25) is 0 Å². The fraction of sp³-hybridized carbons (Fsp3) is 1.00. The molecule has 2 atom stereocenters. The molecule has 0 amide bonds. The normalized spacial score (nSPS) is 27.2. The number of rotatable bonds is 6. The maximum absolute atomic E-state index is 3.62. The molecule has 0 bridgehead atoms. The highest BCUT2D eigenvalue weighted by molar-refractivity contribution is 5.01. The summed E-state index contributed by atoms with van der Waals surface area (Å²) in [7, 11) is 0. The maximum Gasteiger partial charge on any atom is 0.0125 e. The highest BCUT2D eigenvalue weighted by Crippen LogP contribution is 2.44. The molecule has 2 N–H and O–H groups in total. The van der Waals surface area contributed by atoms with Gasteiger partial charge in [0.1, 0.15) is 0 Å². The molecule has 0 spiro atoms. The highest BCUT2D eigenvalue weighted by atomic mass is 15.0. The SMILES string of the molecule is CCNCC(C)CNC1CC1(C)C. The Kier molecular flexibility index (Phi) is 3.74. The summed E-state index contributed by atoms with van der Waals surface area (Å²) in [4.78, 5) is 0. The van der Waals surface area contributed by atoms with E-state index in [4.69, 9.17) is 0 Å². The molecule has 0 aromatic rings. The molecule has 1 saturated carbocycles. The average molecular weight is 184 g/mol. The van der Waals surface area contributed by atoms with Gasteiger partial charge in [-0.1, -0.05) is 27.7 Å². The number of hydrogen-bond acceptors (Lipinski definition) is 2. The van der Waals surface area contributed by atoms with Gasteiger partial charge in [-0.3, -0.25) is 0 Å². The zero-order valence-corrected chi connectivity index (χ0v) is 9.48. The van der Waals surface area contributed by atoms with Gasteiger partial charge in [0.15, 0.2) is 0 Å². The van der Waals surface area contributed by atoms with Gasteiger partial charge >= 0.3 is 0 Å². The lowest BCUT2D eigenvalue weighted by Gasteiger charge is -2.13. The molecule has 2 nitrogen and oxygen atoms in total. The van der Waals surface area contributed by atoms with E-state index in [9.17, 15) is 0 Å². The van der Waals surface area contributed by atoms with Crippen molar-refractivity contribution in [2.24, 2.45) is 11.3 Å². The van der Waals surface area contributed by atoms with Crippen LogP contribution in [0.1, 0.15) is 34.1 Å². The van der Waals surface area contributed by atoms with Gasteiger partial charge < -0.3 is 10.6 Å². The van der Waals surface area contributed by atoms with Crippen LogP contribution >= 0.6 is 0 Å². The quantitative estimate of drug-likeness (QED) is 0.655. The molecule has 1 fully saturated rings. The molecule has 0 aromatic heterocycles. The first-order valence-electron chi connectivity index (χ1n) is 5.50. The molecule has 2 unspecified atom stereocenters. The summed E-state index contributed by atoms with van der Waals surface area (Å²) in [5, 5.41) is 6.99. The summed E-state index contributed by atoms with van der Waals surface area (Å²) < 4.78 is 0. The monoisotopic (exact) mass is 184 g/mol. The zero-order chi connectivity index (χ0) is 9.90.